The summed E-state index contributed by atoms with van der Waals surface area (Å²) in [6, 6.07) is 0.742. The number of nitrogens with zero attached hydrogens (tertiary/aromatic N) is 1. The number of hydrogen-bond donors (Lipinski definition) is 0. The third-order valence-corrected chi connectivity index (χ3v) is 1.73. The molecule has 0 aliphatic carbocycles. The number of aldehydes is 1. The minimum Gasteiger partial charge on any atom is -0.289 e. The van der Waals surface area contributed by atoms with Gasteiger partial charge in [-0.2, -0.15) is 13.2 Å². The summed E-state index contributed by atoms with van der Waals surface area (Å²) in [6.45, 7) is 0. The normalized spacial score (nSPS) is 10.4. The second-order valence-corrected chi connectivity index (χ2v) is 2.81. The number of alkyl halides is 3. The van der Waals surface area contributed by atoms with Crippen molar-refractivity contribution in [2.45, 2.75) is 6.18 Å². The van der Waals surface area contributed by atoms with Gasteiger partial charge in [0.25, 0.3) is 0 Å². The fourth-order valence-electron chi connectivity index (χ4n) is 0.798. The second kappa shape index (κ2) is 4.32. The number of carbonyl (C=O) groups is 1. The summed E-state index contributed by atoms with van der Waals surface area (Å²) in [5.41, 5.74) is -1.08. The van der Waals surface area contributed by atoms with E-state index in [1.165, 1.54) is 0 Å². The number of pyridine rings is 1. The average molecular weight is 234 g/mol. The van der Waals surface area contributed by atoms with E-state index in [1.54, 1.807) is 0 Å². The van der Waals surface area contributed by atoms with E-state index < -0.39 is 11.7 Å². The summed E-state index contributed by atoms with van der Waals surface area (Å²) in [4.78, 5) is 13.2. The molecule has 0 saturated heterocycles. The van der Waals surface area contributed by atoms with Gasteiger partial charge in [-0.3, -0.25) is 4.79 Å². The Bertz CT molecular complexity index is 445. The molecule has 0 saturated carbocycles. The number of rotatable bonds is 0. The Kier molecular flexibility index (Phi) is 3.32. The van der Waals surface area contributed by atoms with Gasteiger partial charge in [0.2, 0.25) is 0 Å². The maximum atomic E-state index is 12.2. The standard InChI is InChI=1S/C9H3ClF3NO/c10-8-6(2-1-3-15)4-7(5-14-8)9(11,12)13/h3-5H. The number of carbonyl (C=O) groups excluding carboxylic acids is 1. The Balaban J connectivity index is 3.22. The van der Waals surface area contributed by atoms with Crippen LogP contribution in [0.4, 0.5) is 13.2 Å². The van der Waals surface area contributed by atoms with Crippen molar-refractivity contribution in [2.75, 3.05) is 0 Å². The van der Waals surface area contributed by atoms with Crippen LogP contribution in [-0.4, -0.2) is 11.3 Å². The van der Waals surface area contributed by atoms with Crippen LogP contribution >= 0.6 is 11.6 Å². The smallest absolute Gasteiger partial charge is 0.289 e. The number of halogens is 4. The van der Waals surface area contributed by atoms with Crippen LogP contribution in [-0.2, 0) is 11.0 Å². The zero-order valence-electron chi connectivity index (χ0n) is 7.10. The Morgan fingerprint density at radius 1 is 1.47 bits per heavy atom. The van der Waals surface area contributed by atoms with E-state index >= 15 is 0 Å². The lowest BCUT2D eigenvalue weighted by atomic mass is 10.2. The van der Waals surface area contributed by atoms with Gasteiger partial charge in [-0.05, 0) is 12.0 Å². The van der Waals surface area contributed by atoms with E-state index in [0.717, 1.165) is 6.07 Å². The van der Waals surface area contributed by atoms with E-state index in [0.29, 0.717) is 6.20 Å². The van der Waals surface area contributed by atoms with Crippen molar-refractivity contribution in [3.8, 4) is 11.8 Å². The Morgan fingerprint density at radius 2 is 2.13 bits per heavy atom. The van der Waals surface area contributed by atoms with Gasteiger partial charge in [0.05, 0.1) is 11.1 Å². The van der Waals surface area contributed by atoms with Gasteiger partial charge >= 0.3 is 6.18 Å². The third-order valence-electron chi connectivity index (χ3n) is 1.43. The molecule has 0 spiro atoms. The molecule has 0 bridgehead atoms. The highest BCUT2D eigenvalue weighted by molar-refractivity contribution is 6.30. The molecule has 15 heavy (non-hydrogen) atoms. The summed E-state index contributed by atoms with van der Waals surface area (Å²) >= 11 is 5.49. The van der Waals surface area contributed by atoms with E-state index in [4.69, 9.17) is 11.6 Å². The van der Waals surface area contributed by atoms with E-state index in [9.17, 15) is 18.0 Å². The summed E-state index contributed by atoms with van der Waals surface area (Å²) in [5, 5.41) is -0.169. The first kappa shape index (κ1) is 11.5. The molecule has 1 heterocycles. The van der Waals surface area contributed by atoms with Gasteiger partial charge in [-0.25, -0.2) is 4.98 Å². The van der Waals surface area contributed by atoms with Crippen molar-refractivity contribution in [1.29, 1.82) is 0 Å². The molecule has 0 aliphatic heterocycles. The summed E-state index contributed by atoms with van der Waals surface area (Å²) in [6.07, 6.45) is -3.64. The minimum absolute atomic E-state index is 0.126. The van der Waals surface area contributed by atoms with Crippen molar-refractivity contribution >= 4 is 17.9 Å². The number of hydrogen-bond acceptors (Lipinski definition) is 2. The van der Waals surface area contributed by atoms with Gasteiger partial charge in [0.1, 0.15) is 5.15 Å². The highest BCUT2D eigenvalue weighted by Crippen LogP contribution is 2.30. The van der Waals surface area contributed by atoms with Gasteiger partial charge in [0, 0.05) is 6.20 Å². The molecule has 0 N–H and O–H groups in total. The monoisotopic (exact) mass is 233 g/mol. The molecule has 0 atom stereocenters. The third kappa shape index (κ3) is 2.96. The summed E-state index contributed by atoms with van der Waals surface area (Å²) in [5.74, 6) is 4.12. The SMILES string of the molecule is O=CC#Cc1cc(C(F)(F)F)cnc1Cl. The molecular weight excluding hydrogens is 231 g/mol. The van der Waals surface area contributed by atoms with Gasteiger partial charge in [-0.15, -0.1) is 0 Å². The van der Waals surface area contributed by atoms with E-state index in [1.807, 2.05) is 5.92 Å². The van der Waals surface area contributed by atoms with Crippen molar-refractivity contribution in [1.82, 2.24) is 4.98 Å². The van der Waals surface area contributed by atoms with Crippen molar-refractivity contribution in [3.63, 3.8) is 0 Å². The first-order valence-electron chi connectivity index (χ1n) is 3.63. The zero-order chi connectivity index (χ0) is 11.5. The molecule has 0 amide bonds. The molecular formula is C9H3ClF3NO. The summed E-state index contributed by atoms with van der Waals surface area (Å²) in [7, 11) is 0. The highest BCUT2D eigenvalue weighted by atomic mass is 35.5. The van der Waals surface area contributed by atoms with E-state index in [-0.39, 0.29) is 17.0 Å². The lowest BCUT2D eigenvalue weighted by Crippen LogP contribution is -2.06. The topological polar surface area (TPSA) is 30.0 Å². The largest absolute Gasteiger partial charge is 0.417 e. The molecule has 1 aromatic heterocycles. The molecule has 0 radical (unpaired) electrons. The fourth-order valence-corrected chi connectivity index (χ4v) is 0.949. The maximum Gasteiger partial charge on any atom is 0.417 e. The Morgan fingerprint density at radius 3 is 2.67 bits per heavy atom. The molecule has 0 aromatic carbocycles. The Hall–Kier alpha value is -1.54. The predicted molar refractivity (Wildman–Crippen MR) is 47.2 cm³/mol. The maximum absolute atomic E-state index is 12.2. The predicted octanol–water partition coefficient (Wildman–Crippen LogP) is 2.30. The van der Waals surface area contributed by atoms with Crippen LogP contribution in [0, 0.1) is 11.8 Å². The Labute approximate surface area is 88.1 Å². The van der Waals surface area contributed by atoms with Crippen LogP contribution in [0.1, 0.15) is 11.1 Å². The van der Waals surface area contributed by atoms with Gasteiger partial charge < -0.3 is 0 Å². The molecule has 6 heteroatoms. The van der Waals surface area contributed by atoms with Crippen LogP contribution in [0.5, 0.6) is 0 Å². The number of aromatic nitrogens is 1. The molecule has 1 rings (SSSR count). The zero-order valence-corrected chi connectivity index (χ0v) is 7.86. The summed E-state index contributed by atoms with van der Waals surface area (Å²) < 4.78 is 36.7. The van der Waals surface area contributed by atoms with Crippen LogP contribution in [0.15, 0.2) is 12.3 Å². The van der Waals surface area contributed by atoms with Crippen molar-refractivity contribution < 1.29 is 18.0 Å². The van der Waals surface area contributed by atoms with Crippen LogP contribution in [0.2, 0.25) is 5.15 Å². The van der Waals surface area contributed by atoms with E-state index in [2.05, 4.69) is 10.9 Å². The van der Waals surface area contributed by atoms with Gasteiger partial charge in [-0.1, -0.05) is 17.5 Å². The average Bonchev–Trinajstić information content (AvgIpc) is 2.15. The highest BCUT2D eigenvalue weighted by Gasteiger charge is 2.31. The molecule has 2 nitrogen and oxygen atoms in total. The van der Waals surface area contributed by atoms with Crippen LogP contribution < -0.4 is 0 Å². The van der Waals surface area contributed by atoms with Crippen LogP contribution in [0.3, 0.4) is 0 Å². The quantitative estimate of drug-likeness (QED) is 0.391. The molecule has 0 unspecified atom stereocenters. The minimum atomic E-state index is -4.50. The second-order valence-electron chi connectivity index (χ2n) is 2.45. The molecule has 78 valence electrons. The van der Waals surface area contributed by atoms with Crippen molar-refractivity contribution in [3.05, 3.63) is 28.5 Å². The lowest BCUT2D eigenvalue weighted by molar-refractivity contribution is -0.137. The lowest BCUT2D eigenvalue weighted by Gasteiger charge is -2.06. The molecule has 0 fully saturated rings. The first-order chi connectivity index (χ1) is 6.95. The fraction of sp³-hybridized carbons (Fsp3) is 0.111. The molecule has 1 aromatic rings. The van der Waals surface area contributed by atoms with Crippen LogP contribution in [0.25, 0.3) is 0 Å². The van der Waals surface area contributed by atoms with Gasteiger partial charge in [0.15, 0.2) is 6.29 Å². The molecule has 0 aliphatic rings. The van der Waals surface area contributed by atoms with Crippen molar-refractivity contribution in [2.24, 2.45) is 0 Å². The first-order valence-corrected chi connectivity index (χ1v) is 4.01.